The highest BCUT2D eigenvalue weighted by Gasteiger charge is 2.18. The summed E-state index contributed by atoms with van der Waals surface area (Å²) in [6, 6.07) is 7.71. The average molecular weight is 333 g/mol. The van der Waals surface area contributed by atoms with E-state index in [1.807, 2.05) is 29.2 Å². The molecule has 0 fully saturated rings. The van der Waals surface area contributed by atoms with Crippen molar-refractivity contribution in [1.29, 1.82) is 0 Å². The van der Waals surface area contributed by atoms with Crippen LogP contribution in [0.4, 0.5) is 0 Å². The summed E-state index contributed by atoms with van der Waals surface area (Å²) in [4.78, 5) is 19.9. The number of thioether (sulfide) groups is 1. The van der Waals surface area contributed by atoms with Gasteiger partial charge in [-0.05, 0) is 31.9 Å². The molecule has 0 saturated carbocycles. The highest BCUT2D eigenvalue weighted by molar-refractivity contribution is 7.98. The smallest absolute Gasteiger partial charge is 0.254 e. The normalized spacial score (nSPS) is 10.7. The van der Waals surface area contributed by atoms with Crippen LogP contribution in [0.25, 0.3) is 0 Å². The molecule has 1 aromatic carbocycles. The quantitative estimate of drug-likeness (QED) is 0.685. The van der Waals surface area contributed by atoms with Gasteiger partial charge in [0, 0.05) is 18.0 Å². The Balaban J connectivity index is 2.13. The van der Waals surface area contributed by atoms with Crippen LogP contribution in [0.15, 0.2) is 33.7 Å². The lowest BCUT2D eigenvalue weighted by molar-refractivity contribution is 0.0752. The zero-order valence-electron chi connectivity index (χ0n) is 13.9. The van der Waals surface area contributed by atoms with Crippen LogP contribution in [-0.4, -0.2) is 34.0 Å². The molecule has 0 aliphatic heterocycles. The summed E-state index contributed by atoms with van der Waals surface area (Å²) in [6.07, 6.45) is 1.92. The topological polar surface area (TPSA) is 59.2 Å². The first kappa shape index (κ1) is 17.5. The first-order chi connectivity index (χ1) is 11.2. The Hall–Kier alpha value is -1.82. The molecular weight excluding hydrogens is 310 g/mol. The molecule has 0 unspecified atom stereocenters. The number of nitrogens with zero attached hydrogens (tertiary/aromatic N) is 3. The van der Waals surface area contributed by atoms with Crippen LogP contribution in [0.2, 0.25) is 0 Å². The first-order valence-electron chi connectivity index (χ1n) is 7.96. The Morgan fingerprint density at radius 3 is 2.52 bits per heavy atom. The van der Waals surface area contributed by atoms with Gasteiger partial charge in [0.25, 0.3) is 5.91 Å². The van der Waals surface area contributed by atoms with Gasteiger partial charge in [-0.3, -0.25) is 4.79 Å². The summed E-state index contributed by atoms with van der Waals surface area (Å²) >= 11 is 1.55. The minimum atomic E-state index is 0.0958. The van der Waals surface area contributed by atoms with E-state index in [0.29, 0.717) is 17.5 Å². The molecule has 0 bridgehead atoms. The maximum Gasteiger partial charge on any atom is 0.254 e. The van der Waals surface area contributed by atoms with Crippen molar-refractivity contribution in [3.05, 3.63) is 41.5 Å². The third-order valence-electron chi connectivity index (χ3n) is 3.31. The van der Waals surface area contributed by atoms with Gasteiger partial charge in [-0.15, -0.1) is 11.8 Å². The van der Waals surface area contributed by atoms with Crippen LogP contribution in [0.1, 0.15) is 48.8 Å². The van der Waals surface area contributed by atoms with Gasteiger partial charge >= 0.3 is 0 Å². The second-order valence-corrected chi connectivity index (χ2v) is 6.33. The molecule has 1 aromatic heterocycles. The number of carbonyl (C=O) groups is 1. The average Bonchev–Trinajstić information content (AvgIpc) is 2.98. The lowest BCUT2D eigenvalue weighted by atomic mass is 10.2. The van der Waals surface area contributed by atoms with Crippen molar-refractivity contribution in [3.8, 4) is 0 Å². The number of hydrogen-bond acceptors (Lipinski definition) is 5. The lowest BCUT2D eigenvalue weighted by Crippen LogP contribution is -2.32. The Kier molecular flexibility index (Phi) is 6.65. The molecule has 0 aliphatic rings. The number of amides is 1. The third kappa shape index (κ3) is 4.82. The van der Waals surface area contributed by atoms with Gasteiger partial charge in [0.2, 0.25) is 5.89 Å². The molecule has 0 N–H and O–H groups in total. The van der Waals surface area contributed by atoms with E-state index in [1.54, 1.807) is 18.7 Å². The number of hydrogen-bond donors (Lipinski definition) is 0. The summed E-state index contributed by atoms with van der Waals surface area (Å²) in [6.45, 7) is 7.55. The van der Waals surface area contributed by atoms with Crippen molar-refractivity contribution in [2.45, 2.75) is 44.3 Å². The van der Waals surface area contributed by atoms with Gasteiger partial charge in [-0.25, -0.2) is 0 Å². The summed E-state index contributed by atoms with van der Waals surface area (Å²) in [5.41, 5.74) is 0.746. The molecule has 0 aliphatic carbocycles. The highest BCUT2D eigenvalue weighted by Crippen LogP contribution is 2.27. The number of benzene rings is 1. The lowest BCUT2D eigenvalue weighted by Gasteiger charge is -2.22. The Bertz CT molecular complexity index is 636. The van der Waals surface area contributed by atoms with Crippen molar-refractivity contribution in [1.82, 2.24) is 15.0 Å². The minimum Gasteiger partial charge on any atom is -0.339 e. The molecule has 0 saturated heterocycles. The summed E-state index contributed by atoms with van der Waals surface area (Å²) in [7, 11) is 0. The van der Waals surface area contributed by atoms with Gasteiger partial charge < -0.3 is 9.42 Å². The van der Waals surface area contributed by atoms with Gasteiger partial charge in [-0.2, -0.15) is 4.98 Å². The molecule has 5 nitrogen and oxygen atoms in total. The van der Waals surface area contributed by atoms with E-state index in [9.17, 15) is 4.79 Å². The first-order valence-corrected chi connectivity index (χ1v) is 8.94. The molecule has 1 amide bonds. The summed E-state index contributed by atoms with van der Waals surface area (Å²) < 4.78 is 5.13. The van der Waals surface area contributed by atoms with Crippen molar-refractivity contribution in [2.24, 2.45) is 0 Å². The van der Waals surface area contributed by atoms with Crippen LogP contribution in [0.3, 0.4) is 0 Å². The van der Waals surface area contributed by atoms with Gasteiger partial charge in [-0.1, -0.05) is 31.1 Å². The maximum absolute atomic E-state index is 12.8. The molecule has 23 heavy (non-hydrogen) atoms. The van der Waals surface area contributed by atoms with Crippen LogP contribution < -0.4 is 0 Å². The zero-order valence-corrected chi connectivity index (χ0v) is 14.7. The Morgan fingerprint density at radius 2 is 1.91 bits per heavy atom. The van der Waals surface area contributed by atoms with Gasteiger partial charge in [0.1, 0.15) is 0 Å². The largest absolute Gasteiger partial charge is 0.339 e. The number of carbonyl (C=O) groups excluding carboxylic acids is 1. The van der Waals surface area contributed by atoms with Crippen LogP contribution >= 0.6 is 11.8 Å². The molecular formula is C17H23N3O2S. The molecule has 124 valence electrons. The predicted octanol–water partition coefficient (Wildman–Crippen LogP) is 3.93. The standard InChI is InChI=1S/C17H23N3O2S/c1-4-10-20(11-5-2)17(21)14-8-6-7-9-15(14)23-12-16-18-13(3)19-22-16/h6-9H,4-5,10-12H2,1-3H3. The molecule has 1 heterocycles. The Labute approximate surface area is 141 Å². The van der Waals surface area contributed by atoms with Crippen LogP contribution in [-0.2, 0) is 5.75 Å². The van der Waals surface area contributed by atoms with E-state index in [4.69, 9.17) is 4.52 Å². The third-order valence-corrected chi connectivity index (χ3v) is 4.37. The Morgan fingerprint density at radius 1 is 1.22 bits per heavy atom. The monoisotopic (exact) mass is 333 g/mol. The molecule has 6 heteroatoms. The summed E-state index contributed by atoms with van der Waals surface area (Å²) in [5, 5.41) is 3.79. The highest BCUT2D eigenvalue weighted by atomic mass is 32.2. The zero-order chi connectivity index (χ0) is 16.7. The second-order valence-electron chi connectivity index (χ2n) is 5.31. The molecule has 0 spiro atoms. The summed E-state index contributed by atoms with van der Waals surface area (Å²) in [5.74, 6) is 1.86. The number of aromatic nitrogens is 2. The van der Waals surface area contributed by atoms with Crippen molar-refractivity contribution >= 4 is 17.7 Å². The fraction of sp³-hybridized carbons (Fsp3) is 0.471. The van der Waals surface area contributed by atoms with E-state index >= 15 is 0 Å². The SMILES string of the molecule is CCCN(CCC)C(=O)c1ccccc1SCc1nc(C)no1. The number of rotatable bonds is 8. The van der Waals surface area contributed by atoms with E-state index in [1.165, 1.54) is 0 Å². The van der Waals surface area contributed by atoms with E-state index in [0.717, 1.165) is 36.4 Å². The van der Waals surface area contributed by atoms with Crippen molar-refractivity contribution < 1.29 is 9.32 Å². The van der Waals surface area contributed by atoms with E-state index in [2.05, 4.69) is 24.0 Å². The van der Waals surface area contributed by atoms with Crippen LogP contribution in [0.5, 0.6) is 0 Å². The molecule has 2 rings (SSSR count). The molecule has 0 atom stereocenters. The fourth-order valence-electron chi connectivity index (χ4n) is 2.33. The van der Waals surface area contributed by atoms with Crippen molar-refractivity contribution in [3.63, 3.8) is 0 Å². The maximum atomic E-state index is 12.8. The molecule has 0 radical (unpaired) electrons. The minimum absolute atomic E-state index is 0.0958. The molecule has 2 aromatic rings. The fourth-order valence-corrected chi connectivity index (χ4v) is 3.21. The number of aryl methyl sites for hydroxylation is 1. The van der Waals surface area contributed by atoms with Crippen LogP contribution in [0, 0.1) is 6.92 Å². The van der Waals surface area contributed by atoms with E-state index < -0.39 is 0 Å². The van der Waals surface area contributed by atoms with Crippen molar-refractivity contribution in [2.75, 3.05) is 13.1 Å². The predicted molar refractivity (Wildman–Crippen MR) is 91.5 cm³/mol. The van der Waals surface area contributed by atoms with Gasteiger partial charge in [0.05, 0.1) is 11.3 Å². The van der Waals surface area contributed by atoms with Gasteiger partial charge in [0.15, 0.2) is 5.82 Å². The second kappa shape index (κ2) is 8.72. The van der Waals surface area contributed by atoms with E-state index in [-0.39, 0.29) is 5.91 Å².